The fourth-order valence-corrected chi connectivity index (χ4v) is 11.2. The largest absolute Gasteiger partial charge is 0.417 e. The Labute approximate surface area is 479 Å². The topological polar surface area (TPSA) is 225 Å². The molecule has 6 N–H and O–H groups in total. The van der Waals surface area contributed by atoms with Gasteiger partial charge in [0, 0.05) is 117 Å². The maximum atomic E-state index is 14.0. The summed E-state index contributed by atoms with van der Waals surface area (Å²) in [4.78, 5) is 96.6. The normalized spacial score (nSPS) is 17.8. The molecular weight excluding hydrogens is 1080 g/mol. The van der Waals surface area contributed by atoms with E-state index in [2.05, 4.69) is 56.9 Å². The Hall–Kier alpha value is -7.02. The maximum absolute atomic E-state index is 14.0. The first-order chi connectivity index (χ1) is 39.1. The van der Waals surface area contributed by atoms with Gasteiger partial charge in [-0.3, -0.25) is 38.6 Å². The first-order valence-electron chi connectivity index (χ1n) is 27.7. The SMILES string of the molecule is Cc1ncsc1-c1ccc(CNC(=O)[C@@H]2C[C@@H](O)CN2C(=O)C(NC(=O)CCOCCC(=O)NCCN2CCN(Cc3cccc(-c4ccc(N5CCN(C)CC5)c(NC(=O)c5c[nH]c(=O)cc5C(F)(F)F)c4)c3)CC2)C(C)(C)C)cc1. The zero-order valence-electron chi connectivity index (χ0n) is 47.1. The van der Waals surface area contributed by atoms with Gasteiger partial charge in [-0.25, -0.2) is 4.98 Å². The third kappa shape index (κ3) is 16.4. The Morgan fingerprint density at radius 2 is 1.51 bits per heavy atom. The molecular formula is C59H74F3N11O8S. The van der Waals surface area contributed by atoms with Crippen LogP contribution < -0.4 is 31.7 Å². The van der Waals surface area contributed by atoms with Crippen molar-refractivity contribution in [3.8, 4) is 21.6 Å². The molecule has 0 aliphatic carbocycles. The number of nitrogens with zero attached hydrogens (tertiary/aromatic N) is 6. The molecule has 0 radical (unpaired) electrons. The predicted molar refractivity (Wildman–Crippen MR) is 308 cm³/mol. The number of hydrogen-bond acceptors (Lipinski definition) is 14. The van der Waals surface area contributed by atoms with Gasteiger partial charge in [0.05, 0.1) is 57.9 Å². The molecule has 3 saturated heterocycles. The highest BCUT2D eigenvalue weighted by Crippen LogP contribution is 2.36. The van der Waals surface area contributed by atoms with Crippen LogP contribution in [0.2, 0.25) is 0 Å². The highest BCUT2D eigenvalue weighted by Gasteiger charge is 2.44. The summed E-state index contributed by atoms with van der Waals surface area (Å²) >= 11 is 1.56. The van der Waals surface area contributed by atoms with Crippen molar-refractivity contribution in [3.05, 3.63) is 123 Å². The molecule has 3 aliphatic heterocycles. The van der Waals surface area contributed by atoms with E-state index >= 15 is 0 Å². The van der Waals surface area contributed by atoms with E-state index in [0.717, 1.165) is 83.9 Å². The lowest BCUT2D eigenvalue weighted by Gasteiger charge is -2.35. The van der Waals surface area contributed by atoms with Gasteiger partial charge in [0.2, 0.25) is 29.2 Å². The quantitative estimate of drug-likeness (QED) is 0.0512. The summed E-state index contributed by atoms with van der Waals surface area (Å²) in [6.45, 7) is 15.6. The third-order valence-electron chi connectivity index (χ3n) is 15.1. The van der Waals surface area contributed by atoms with E-state index in [9.17, 15) is 47.0 Å². The van der Waals surface area contributed by atoms with Crippen molar-refractivity contribution >= 4 is 52.2 Å². The van der Waals surface area contributed by atoms with Crippen LogP contribution in [-0.4, -0.2) is 175 Å². The van der Waals surface area contributed by atoms with Crippen LogP contribution in [0.5, 0.6) is 0 Å². The number of aryl methyl sites for hydroxylation is 1. The number of alkyl halides is 3. The molecule has 0 saturated carbocycles. The molecule has 3 atom stereocenters. The van der Waals surface area contributed by atoms with Crippen LogP contribution in [0.15, 0.2) is 89.3 Å². The molecule has 440 valence electrons. The van der Waals surface area contributed by atoms with Crippen LogP contribution >= 0.6 is 11.3 Å². The Balaban J connectivity index is 0.739. The van der Waals surface area contributed by atoms with Gasteiger partial charge in [0.25, 0.3) is 5.91 Å². The third-order valence-corrected chi connectivity index (χ3v) is 16.1. The number of amides is 5. The van der Waals surface area contributed by atoms with Gasteiger partial charge in [-0.1, -0.05) is 69.3 Å². The standard InChI is InChI=1S/C59H74F3N11O8S/c1-38-53(82-37-66-38)41-11-9-39(10-12-41)33-65-56(79)49-31-44(74)36-73(49)57(80)54(58(2,3)4)68-51(76)16-28-81-27-15-50(75)63-17-18-70-21-23-71(24-22-70)35-40-7-6-8-42(29-40)43-13-14-48(72-25-19-69(5)20-26-72)47(30-43)67-55(78)45-34-64-52(77)32-46(45)59(60,61)62/h6-14,29-30,32,34,37,44,49,54,74H,15-28,31,33,35-36H2,1-5H3,(H,63,75)(H,64,77)(H,65,79)(H,67,78)(H,68,76)/t44-,49+,54?/m1/s1. The number of likely N-dealkylation sites (tertiary alicyclic amines) is 1. The molecule has 23 heteroatoms. The minimum Gasteiger partial charge on any atom is -0.391 e. The number of β-amino-alcohol motifs (C(OH)–C–C–N with tert-alkyl or cyclic N) is 1. The molecule has 5 aromatic rings. The van der Waals surface area contributed by atoms with Crippen molar-refractivity contribution in [2.24, 2.45) is 5.41 Å². The molecule has 19 nitrogen and oxygen atoms in total. The number of pyridine rings is 1. The predicted octanol–water partition coefficient (Wildman–Crippen LogP) is 5.34. The first-order valence-corrected chi connectivity index (χ1v) is 28.6. The van der Waals surface area contributed by atoms with Crippen LogP contribution in [0, 0.1) is 12.3 Å². The van der Waals surface area contributed by atoms with Crippen molar-refractivity contribution in [3.63, 3.8) is 0 Å². The van der Waals surface area contributed by atoms with Crippen LogP contribution in [0.3, 0.4) is 0 Å². The smallest absolute Gasteiger partial charge is 0.391 e. The number of thiazole rings is 1. The highest BCUT2D eigenvalue weighted by molar-refractivity contribution is 7.13. The number of carbonyl (C=O) groups is 5. The van der Waals surface area contributed by atoms with Gasteiger partial charge >= 0.3 is 6.18 Å². The molecule has 2 aromatic heterocycles. The number of aliphatic hydroxyl groups is 1. The molecule has 0 spiro atoms. The van der Waals surface area contributed by atoms with Crippen molar-refractivity contribution in [1.82, 2.24) is 45.5 Å². The van der Waals surface area contributed by atoms with E-state index in [4.69, 9.17) is 4.74 Å². The number of hydrogen-bond donors (Lipinski definition) is 6. The Bertz CT molecular complexity index is 3100. The summed E-state index contributed by atoms with van der Waals surface area (Å²) in [5.41, 5.74) is 4.72. The van der Waals surface area contributed by atoms with Gasteiger partial charge in [0.1, 0.15) is 12.1 Å². The zero-order valence-corrected chi connectivity index (χ0v) is 47.9. The lowest BCUT2D eigenvalue weighted by Crippen LogP contribution is -2.57. The molecule has 0 bridgehead atoms. The summed E-state index contributed by atoms with van der Waals surface area (Å²) < 4.78 is 47.5. The fourth-order valence-electron chi connectivity index (χ4n) is 10.4. The Morgan fingerprint density at radius 1 is 0.829 bits per heavy atom. The number of H-pyrrole nitrogens is 1. The number of carbonyl (C=O) groups excluding carboxylic acids is 5. The number of aromatic nitrogens is 2. The van der Waals surface area contributed by atoms with Crippen LogP contribution in [-0.2, 0) is 43.2 Å². The summed E-state index contributed by atoms with van der Waals surface area (Å²) in [5, 5.41) is 22.0. The monoisotopic (exact) mass is 1150 g/mol. The van der Waals surface area contributed by atoms with Gasteiger partial charge in [-0.05, 0) is 65.4 Å². The van der Waals surface area contributed by atoms with Crippen molar-refractivity contribution < 1.29 is 47.0 Å². The van der Waals surface area contributed by atoms with Crippen molar-refractivity contribution in [2.45, 2.75) is 84.4 Å². The van der Waals surface area contributed by atoms with Crippen LogP contribution in [0.1, 0.15) is 72.8 Å². The number of aromatic amines is 1. The average Bonchev–Trinajstić information content (AvgIpc) is 3.91. The second-order valence-electron chi connectivity index (χ2n) is 22.3. The maximum Gasteiger partial charge on any atom is 0.417 e. The zero-order chi connectivity index (χ0) is 58.7. The van der Waals surface area contributed by atoms with E-state index in [-0.39, 0.29) is 51.5 Å². The van der Waals surface area contributed by atoms with E-state index in [1.165, 1.54) is 4.90 Å². The van der Waals surface area contributed by atoms with Gasteiger partial charge in [0.15, 0.2) is 0 Å². The van der Waals surface area contributed by atoms with Gasteiger partial charge < -0.3 is 50.8 Å². The molecule has 3 fully saturated rings. The minimum atomic E-state index is -4.91. The van der Waals surface area contributed by atoms with Crippen LogP contribution in [0.25, 0.3) is 21.6 Å². The van der Waals surface area contributed by atoms with Crippen LogP contribution in [0.4, 0.5) is 24.5 Å². The lowest BCUT2D eigenvalue weighted by molar-refractivity contribution is -0.144. The number of halogens is 3. The van der Waals surface area contributed by atoms with E-state index in [0.29, 0.717) is 50.2 Å². The average molecular weight is 1150 g/mol. The summed E-state index contributed by atoms with van der Waals surface area (Å²) in [6, 6.07) is 19.9. The van der Waals surface area contributed by atoms with E-state index in [1.807, 2.05) is 89.3 Å². The van der Waals surface area contributed by atoms with E-state index < -0.39 is 70.1 Å². The van der Waals surface area contributed by atoms with Crippen molar-refractivity contribution in [2.75, 3.05) is 102 Å². The summed E-state index contributed by atoms with van der Waals surface area (Å²) in [6.07, 6.45) is -4.89. The molecule has 3 aliphatic rings. The fraction of sp³-hybridized carbons (Fsp3) is 0.475. The molecule has 5 amide bonds. The molecule has 3 aromatic carbocycles. The molecule has 82 heavy (non-hydrogen) atoms. The minimum absolute atomic E-state index is 0.0279. The van der Waals surface area contributed by atoms with Crippen molar-refractivity contribution in [1.29, 1.82) is 0 Å². The lowest BCUT2D eigenvalue weighted by atomic mass is 9.85. The highest BCUT2D eigenvalue weighted by atomic mass is 32.1. The summed E-state index contributed by atoms with van der Waals surface area (Å²) in [5.74, 6) is -2.45. The molecule has 1 unspecified atom stereocenters. The summed E-state index contributed by atoms with van der Waals surface area (Å²) in [7, 11) is 2.01. The first kappa shape index (κ1) is 61.1. The van der Waals surface area contributed by atoms with Gasteiger partial charge in [-0.2, -0.15) is 13.2 Å². The number of rotatable bonds is 21. The number of likely N-dealkylation sites (N-methyl/N-ethyl adjacent to an activating group) is 1. The number of aliphatic hydroxyl groups excluding tert-OH is 1. The number of piperazine rings is 2. The Kier molecular flexibility index (Phi) is 20.4. The number of benzene rings is 3. The Morgan fingerprint density at radius 3 is 2.20 bits per heavy atom. The molecule has 8 rings (SSSR count). The second kappa shape index (κ2) is 27.4. The number of anilines is 2. The molecule has 5 heterocycles. The number of nitrogens with one attached hydrogen (secondary N) is 5. The van der Waals surface area contributed by atoms with Gasteiger partial charge in [-0.15, -0.1) is 11.3 Å². The van der Waals surface area contributed by atoms with E-state index in [1.54, 1.807) is 22.9 Å². The second-order valence-corrected chi connectivity index (χ2v) is 23.2. The number of ether oxygens (including phenoxy) is 1.